The molecule has 1 aromatic rings. The van der Waals surface area contributed by atoms with Crippen molar-refractivity contribution in [3.05, 3.63) is 29.6 Å². The fraction of sp³-hybridized carbons (Fsp3) is 0.222. The molecule has 2 atom stereocenters. The van der Waals surface area contributed by atoms with E-state index in [4.69, 9.17) is 15.9 Å². The van der Waals surface area contributed by atoms with Gasteiger partial charge in [0.2, 0.25) is 5.91 Å². The van der Waals surface area contributed by atoms with Crippen molar-refractivity contribution in [2.24, 2.45) is 5.73 Å². The van der Waals surface area contributed by atoms with Gasteiger partial charge in [-0.1, -0.05) is 6.07 Å². The standard InChI is InChI=1S/C9H10N2O5/c10-8(14)7(13)6(12)4-2-1-3-5(11-4)9(15)16/h1-3,6-7,12-13H,(H2,10,14)(H,15,16). The predicted molar refractivity (Wildman–Crippen MR) is 51.4 cm³/mol. The molecule has 0 spiro atoms. The van der Waals surface area contributed by atoms with Gasteiger partial charge in [0.25, 0.3) is 0 Å². The zero-order valence-corrected chi connectivity index (χ0v) is 8.07. The first-order valence-electron chi connectivity index (χ1n) is 4.29. The number of nitrogens with two attached hydrogens (primary N) is 1. The Balaban J connectivity index is 3.00. The lowest BCUT2D eigenvalue weighted by Gasteiger charge is -2.14. The van der Waals surface area contributed by atoms with Crippen LogP contribution in [0.3, 0.4) is 0 Å². The van der Waals surface area contributed by atoms with E-state index in [2.05, 4.69) is 4.98 Å². The molecule has 0 radical (unpaired) electrons. The van der Waals surface area contributed by atoms with Crippen LogP contribution in [-0.4, -0.2) is 38.3 Å². The Morgan fingerprint density at radius 1 is 1.31 bits per heavy atom. The Kier molecular flexibility index (Phi) is 3.54. The number of carboxylic acid groups (broad SMARTS) is 1. The van der Waals surface area contributed by atoms with Gasteiger partial charge in [-0.3, -0.25) is 4.79 Å². The fourth-order valence-corrected chi connectivity index (χ4v) is 1.05. The topological polar surface area (TPSA) is 134 Å². The Labute approximate surface area is 90.2 Å². The van der Waals surface area contributed by atoms with E-state index in [1.807, 2.05) is 0 Å². The molecule has 0 aliphatic rings. The molecule has 0 saturated heterocycles. The van der Waals surface area contributed by atoms with Crippen LogP contribution in [-0.2, 0) is 4.79 Å². The smallest absolute Gasteiger partial charge is 0.354 e. The van der Waals surface area contributed by atoms with Crippen molar-refractivity contribution in [3.63, 3.8) is 0 Å². The first kappa shape index (κ1) is 12.1. The van der Waals surface area contributed by atoms with Crippen LogP contribution < -0.4 is 5.73 Å². The van der Waals surface area contributed by atoms with Crippen LogP contribution in [0.1, 0.15) is 22.3 Å². The van der Waals surface area contributed by atoms with Crippen molar-refractivity contribution in [1.29, 1.82) is 0 Å². The summed E-state index contributed by atoms with van der Waals surface area (Å²) < 4.78 is 0. The molecule has 86 valence electrons. The predicted octanol–water partition coefficient (Wildman–Crippen LogP) is -1.34. The number of amides is 1. The highest BCUT2D eigenvalue weighted by Crippen LogP contribution is 2.14. The third-order valence-electron chi connectivity index (χ3n) is 1.88. The molecule has 0 aliphatic heterocycles. The summed E-state index contributed by atoms with van der Waals surface area (Å²) in [5.74, 6) is -2.39. The van der Waals surface area contributed by atoms with Crippen molar-refractivity contribution in [2.75, 3.05) is 0 Å². The minimum absolute atomic E-state index is 0.133. The number of carbonyl (C=O) groups is 2. The van der Waals surface area contributed by atoms with E-state index < -0.39 is 24.1 Å². The van der Waals surface area contributed by atoms with Gasteiger partial charge in [-0.05, 0) is 12.1 Å². The Hall–Kier alpha value is -1.99. The third-order valence-corrected chi connectivity index (χ3v) is 1.88. The highest BCUT2D eigenvalue weighted by atomic mass is 16.4. The zero-order valence-electron chi connectivity index (χ0n) is 8.07. The van der Waals surface area contributed by atoms with Gasteiger partial charge in [0.05, 0.1) is 5.69 Å². The molecule has 7 heteroatoms. The molecule has 0 aromatic carbocycles. The molecule has 1 amide bonds. The molecule has 2 unspecified atom stereocenters. The maximum atomic E-state index is 10.6. The summed E-state index contributed by atoms with van der Waals surface area (Å²) in [6, 6.07) is 3.83. The normalized spacial score (nSPS) is 14.1. The molecule has 0 fully saturated rings. The zero-order chi connectivity index (χ0) is 12.3. The largest absolute Gasteiger partial charge is 0.477 e. The Morgan fingerprint density at radius 3 is 2.44 bits per heavy atom. The average molecular weight is 226 g/mol. The summed E-state index contributed by atoms with van der Waals surface area (Å²) in [5.41, 5.74) is 4.35. The molecule has 1 aromatic heterocycles. The number of aromatic carboxylic acids is 1. The minimum Gasteiger partial charge on any atom is -0.477 e. The number of hydrogen-bond donors (Lipinski definition) is 4. The number of hydrogen-bond acceptors (Lipinski definition) is 5. The number of aliphatic hydroxyl groups is 2. The monoisotopic (exact) mass is 226 g/mol. The quantitative estimate of drug-likeness (QED) is 0.502. The maximum absolute atomic E-state index is 10.6. The second-order valence-electron chi connectivity index (χ2n) is 3.04. The van der Waals surface area contributed by atoms with Crippen LogP contribution in [0.5, 0.6) is 0 Å². The van der Waals surface area contributed by atoms with Gasteiger partial charge < -0.3 is 21.1 Å². The minimum atomic E-state index is -1.82. The second kappa shape index (κ2) is 4.69. The van der Waals surface area contributed by atoms with Gasteiger partial charge in [0.15, 0.2) is 6.10 Å². The molecular formula is C9H10N2O5. The number of carbonyl (C=O) groups excluding carboxylic acids is 1. The molecule has 0 saturated carbocycles. The Bertz CT molecular complexity index is 420. The summed E-state index contributed by atoms with van der Waals surface area (Å²) in [6.45, 7) is 0. The van der Waals surface area contributed by atoms with Crippen molar-refractivity contribution in [3.8, 4) is 0 Å². The summed E-state index contributed by atoms with van der Waals surface area (Å²) in [7, 11) is 0. The van der Waals surface area contributed by atoms with Gasteiger partial charge in [-0.15, -0.1) is 0 Å². The van der Waals surface area contributed by atoms with Gasteiger partial charge in [0.1, 0.15) is 11.8 Å². The van der Waals surface area contributed by atoms with Crippen LogP contribution in [0.15, 0.2) is 18.2 Å². The first-order chi connectivity index (χ1) is 7.43. The molecule has 5 N–H and O–H groups in total. The van der Waals surface area contributed by atoms with E-state index in [1.54, 1.807) is 0 Å². The van der Waals surface area contributed by atoms with Crippen molar-refractivity contribution in [2.45, 2.75) is 12.2 Å². The van der Waals surface area contributed by atoms with E-state index in [9.17, 15) is 14.7 Å². The van der Waals surface area contributed by atoms with Crippen LogP contribution in [0.25, 0.3) is 0 Å². The van der Waals surface area contributed by atoms with Crippen LogP contribution in [0.2, 0.25) is 0 Å². The highest BCUT2D eigenvalue weighted by Gasteiger charge is 2.25. The number of aliphatic hydroxyl groups excluding tert-OH is 2. The fourth-order valence-electron chi connectivity index (χ4n) is 1.05. The third kappa shape index (κ3) is 2.53. The van der Waals surface area contributed by atoms with Crippen LogP contribution >= 0.6 is 0 Å². The van der Waals surface area contributed by atoms with E-state index in [-0.39, 0.29) is 11.4 Å². The van der Waals surface area contributed by atoms with Crippen molar-refractivity contribution in [1.82, 2.24) is 4.98 Å². The number of aromatic nitrogens is 1. The molecular weight excluding hydrogens is 216 g/mol. The lowest BCUT2D eigenvalue weighted by molar-refractivity contribution is -0.132. The van der Waals surface area contributed by atoms with Gasteiger partial charge in [-0.25, -0.2) is 9.78 Å². The van der Waals surface area contributed by atoms with E-state index >= 15 is 0 Å². The second-order valence-corrected chi connectivity index (χ2v) is 3.04. The molecule has 16 heavy (non-hydrogen) atoms. The Morgan fingerprint density at radius 2 is 1.94 bits per heavy atom. The number of primary amides is 1. The van der Waals surface area contributed by atoms with Crippen LogP contribution in [0.4, 0.5) is 0 Å². The highest BCUT2D eigenvalue weighted by molar-refractivity contribution is 5.85. The van der Waals surface area contributed by atoms with Gasteiger partial charge in [-0.2, -0.15) is 0 Å². The van der Waals surface area contributed by atoms with E-state index in [0.29, 0.717) is 0 Å². The lowest BCUT2D eigenvalue weighted by atomic mass is 10.1. The molecule has 7 nitrogen and oxygen atoms in total. The van der Waals surface area contributed by atoms with Crippen molar-refractivity contribution < 1.29 is 24.9 Å². The number of pyridine rings is 1. The summed E-state index contributed by atoms with van der Waals surface area (Å²) in [6.07, 6.45) is -3.46. The number of rotatable bonds is 4. The molecule has 0 aliphatic carbocycles. The lowest BCUT2D eigenvalue weighted by Crippen LogP contribution is -2.34. The molecule has 1 rings (SSSR count). The summed E-state index contributed by atoms with van der Waals surface area (Å²) in [4.78, 5) is 24.7. The summed E-state index contributed by atoms with van der Waals surface area (Å²) in [5, 5.41) is 27.3. The number of carboxylic acids is 1. The number of nitrogens with zero attached hydrogens (tertiary/aromatic N) is 1. The van der Waals surface area contributed by atoms with E-state index in [0.717, 1.165) is 0 Å². The molecule has 0 bridgehead atoms. The van der Waals surface area contributed by atoms with Crippen molar-refractivity contribution >= 4 is 11.9 Å². The maximum Gasteiger partial charge on any atom is 0.354 e. The SMILES string of the molecule is NC(=O)C(O)C(O)c1cccc(C(=O)O)n1. The van der Waals surface area contributed by atoms with E-state index in [1.165, 1.54) is 18.2 Å². The van der Waals surface area contributed by atoms with Gasteiger partial charge >= 0.3 is 5.97 Å². The summed E-state index contributed by atoms with van der Waals surface area (Å²) >= 11 is 0. The average Bonchev–Trinajstić information content (AvgIpc) is 2.27. The van der Waals surface area contributed by atoms with Gasteiger partial charge in [0, 0.05) is 0 Å². The molecule has 1 heterocycles. The first-order valence-corrected chi connectivity index (χ1v) is 4.29. The van der Waals surface area contributed by atoms with Crippen LogP contribution in [0, 0.1) is 0 Å².